The summed E-state index contributed by atoms with van der Waals surface area (Å²) in [5.41, 5.74) is 1.47. The molecule has 0 spiro atoms. The summed E-state index contributed by atoms with van der Waals surface area (Å²) < 4.78 is 5.18. The van der Waals surface area contributed by atoms with Crippen LogP contribution in [-0.2, 0) is 9.53 Å². The molecular formula is C21H19NO4. The fourth-order valence-corrected chi connectivity index (χ4v) is 2.60. The summed E-state index contributed by atoms with van der Waals surface area (Å²) in [5.74, 6) is -1.36. The topological polar surface area (TPSA) is 75.6 Å². The van der Waals surface area contributed by atoms with Crippen LogP contribution in [0.25, 0.3) is 10.8 Å². The number of hydrogen-bond donors (Lipinski definition) is 2. The van der Waals surface area contributed by atoms with Gasteiger partial charge in [-0.25, -0.2) is 4.79 Å². The first-order valence-corrected chi connectivity index (χ1v) is 8.24. The normalized spacial score (nSPS) is 11.8. The number of aromatic hydroxyl groups is 1. The van der Waals surface area contributed by atoms with Gasteiger partial charge in [0.25, 0.3) is 5.91 Å². The maximum atomic E-state index is 12.3. The molecule has 3 aromatic rings. The van der Waals surface area contributed by atoms with E-state index in [0.29, 0.717) is 5.69 Å². The lowest BCUT2D eigenvalue weighted by Gasteiger charge is -2.14. The maximum absolute atomic E-state index is 12.3. The molecule has 132 valence electrons. The molecule has 1 amide bonds. The molecule has 3 aromatic carbocycles. The number of anilines is 1. The van der Waals surface area contributed by atoms with Gasteiger partial charge in [-0.1, -0.05) is 42.0 Å². The summed E-state index contributed by atoms with van der Waals surface area (Å²) >= 11 is 0. The van der Waals surface area contributed by atoms with Gasteiger partial charge in [-0.15, -0.1) is 0 Å². The highest BCUT2D eigenvalue weighted by molar-refractivity contribution is 5.99. The van der Waals surface area contributed by atoms with Crippen LogP contribution in [0.2, 0.25) is 0 Å². The summed E-state index contributed by atoms with van der Waals surface area (Å²) in [4.78, 5) is 24.5. The first kappa shape index (κ1) is 17.5. The van der Waals surface area contributed by atoms with Gasteiger partial charge < -0.3 is 15.2 Å². The molecule has 0 aromatic heterocycles. The number of carbonyl (C=O) groups excluding carboxylic acids is 2. The summed E-state index contributed by atoms with van der Waals surface area (Å²) in [6.45, 7) is 3.28. The molecule has 0 radical (unpaired) electrons. The molecule has 2 N–H and O–H groups in total. The van der Waals surface area contributed by atoms with Crippen LogP contribution in [0.1, 0.15) is 22.8 Å². The molecule has 0 aliphatic heterocycles. The Bertz CT molecular complexity index is 981. The van der Waals surface area contributed by atoms with E-state index in [1.165, 1.54) is 19.1 Å². The Hall–Kier alpha value is -3.34. The number of rotatable bonds is 4. The minimum atomic E-state index is -1.01. The third-order valence-corrected chi connectivity index (χ3v) is 4.04. The average molecular weight is 349 g/mol. The van der Waals surface area contributed by atoms with Crippen LogP contribution in [0.5, 0.6) is 5.75 Å². The first-order valence-electron chi connectivity index (χ1n) is 8.24. The Morgan fingerprint density at radius 1 is 1.00 bits per heavy atom. The molecule has 0 aliphatic rings. The SMILES string of the molecule is Cc1ccc(O)c(C(=O)O[C@@H](C)C(=O)Nc2ccc3ccccc3c2)c1. The second-order valence-corrected chi connectivity index (χ2v) is 6.12. The van der Waals surface area contributed by atoms with Crippen LogP contribution in [0.15, 0.2) is 60.7 Å². The number of aryl methyl sites for hydroxylation is 1. The molecule has 0 saturated carbocycles. The number of ether oxygens (including phenoxy) is 1. The van der Waals surface area contributed by atoms with Crippen molar-refractivity contribution in [2.75, 3.05) is 5.32 Å². The standard InChI is InChI=1S/C21H19NO4/c1-13-7-10-19(23)18(11-13)21(25)26-14(2)20(24)22-17-9-8-15-5-3-4-6-16(15)12-17/h3-12,14,23H,1-2H3,(H,22,24)/t14-/m0/s1. The monoisotopic (exact) mass is 349 g/mol. The van der Waals surface area contributed by atoms with Crippen LogP contribution in [0, 0.1) is 6.92 Å². The second-order valence-electron chi connectivity index (χ2n) is 6.12. The molecule has 0 bridgehead atoms. The number of phenolic OH excluding ortho intramolecular Hbond substituents is 1. The number of fused-ring (bicyclic) bond motifs is 1. The smallest absolute Gasteiger partial charge is 0.342 e. The van der Waals surface area contributed by atoms with Gasteiger partial charge in [-0.3, -0.25) is 4.79 Å². The predicted molar refractivity (Wildman–Crippen MR) is 100 cm³/mol. The van der Waals surface area contributed by atoms with Crippen LogP contribution in [0.4, 0.5) is 5.69 Å². The Balaban J connectivity index is 1.68. The number of esters is 1. The Labute approximate surface area is 151 Å². The van der Waals surface area contributed by atoms with Gasteiger partial charge in [0.05, 0.1) is 0 Å². The Morgan fingerprint density at radius 3 is 2.50 bits per heavy atom. The van der Waals surface area contributed by atoms with E-state index < -0.39 is 18.0 Å². The summed E-state index contributed by atoms with van der Waals surface area (Å²) in [6, 6.07) is 18.0. The van der Waals surface area contributed by atoms with E-state index in [2.05, 4.69) is 5.32 Å². The second kappa shape index (κ2) is 7.27. The molecule has 5 heteroatoms. The Kier molecular flexibility index (Phi) is 4.89. The molecule has 0 heterocycles. The molecule has 26 heavy (non-hydrogen) atoms. The number of benzene rings is 3. The summed E-state index contributed by atoms with van der Waals surface area (Å²) in [5, 5.41) is 14.6. The molecule has 0 aliphatic carbocycles. The van der Waals surface area contributed by atoms with Crippen LogP contribution in [-0.4, -0.2) is 23.1 Å². The highest BCUT2D eigenvalue weighted by Gasteiger charge is 2.21. The van der Waals surface area contributed by atoms with Crippen molar-refractivity contribution in [3.63, 3.8) is 0 Å². The quantitative estimate of drug-likeness (QED) is 0.697. The van der Waals surface area contributed by atoms with Crippen molar-refractivity contribution in [2.24, 2.45) is 0 Å². The zero-order chi connectivity index (χ0) is 18.7. The number of phenols is 1. The Morgan fingerprint density at radius 2 is 1.73 bits per heavy atom. The zero-order valence-corrected chi connectivity index (χ0v) is 14.5. The first-order chi connectivity index (χ1) is 12.4. The van der Waals surface area contributed by atoms with Crippen LogP contribution < -0.4 is 5.32 Å². The van der Waals surface area contributed by atoms with Gasteiger partial charge in [-0.05, 0) is 48.9 Å². The summed E-state index contributed by atoms with van der Waals surface area (Å²) in [7, 11) is 0. The molecule has 0 fully saturated rings. The van der Waals surface area contributed by atoms with E-state index in [1.807, 2.05) is 36.4 Å². The van der Waals surface area contributed by atoms with Gasteiger partial charge in [0, 0.05) is 5.69 Å². The lowest BCUT2D eigenvalue weighted by molar-refractivity contribution is -0.123. The van der Waals surface area contributed by atoms with E-state index in [0.717, 1.165) is 16.3 Å². The highest BCUT2D eigenvalue weighted by atomic mass is 16.5. The highest BCUT2D eigenvalue weighted by Crippen LogP contribution is 2.21. The van der Waals surface area contributed by atoms with Crippen molar-refractivity contribution >= 4 is 28.3 Å². The minimum Gasteiger partial charge on any atom is -0.507 e. The average Bonchev–Trinajstić information content (AvgIpc) is 2.63. The number of amides is 1. The van der Waals surface area contributed by atoms with Crippen molar-refractivity contribution in [2.45, 2.75) is 20.0 Å². The van der Waals surface area contributed by atoms with Gasteiger partial charge in [0.2, 0.25) is 0 Å². The fourth-order valence-electron chi connectivity index (χ4n) is 2.60. The van der Waals surface area contributed by atoms with Crippen LogP contribution in [0.3, 0.4) is 0 Å². The lowest BCUT2D eigenvalue weighted by Crippen LogP contribution is -2.30. The largest absolute Gasteiger partial charge is 0.507 e. The molecule has 0 unspecified atom stereocenters. The molecule has 1 atom stereocenters. The van der Waals surface area contributed by atoms with Crippen molar-refractivity contribution < 1.29 is 19.4 Å². The fraction of sp³-hybridized carbons (Fsp3) is 0.143. The molecule has 0 saturated heterocycles. The van der Waals surface area contributed by atoms with E-state index in [4.69, 9.17) is 4.74 Å². The van der Waals surface area contributed by atoms with E-state index >= 15 is 0 Å². The predicted octanol–water partition coefficient (Wildman–Crippen LogP) is 4.04. The zero-order valence-electron chi connectivity index (χ0n) is 14.5. The molecule has 3 rings (SSSR count). The molecule has 5 nitrogen and oxygen atoms in total. The van der Waals surface area contributed by atoms with Crippen molar-refractivity contribution in [1.29, 1.82) is 0 Å². The van der Waals surface area contributed by atoms with E-state index in [9.17, 15) is 14.7 Å². The number of nitrogens with one attached hydrogen (secondary N) is 1. The maximum Gasteiger partial charge on any atom is 0.342 e. The third kappa shape index (κ3) is 3.83. The number of hydrogen-bond acceptors (Lipinski definition) is 4. The lowest BCUT2D eigenvalue weighted by atomic mass is 10.1. The van der Waals surface area contributed by atoms with Crippen molar-refractivity contribution in [3.05, 3.63) is 71.8 Å². The van der Waals surface area contributed by atoms with Gasteiger partial charge >= 0.3 is 5.97 Å². The summed E-state index contributed by atoms with van der Waals surface area (Å²) in [6.07, 6.45) is -1.01. The van der Waals surface area contributed by atoms with Crippen LogP contribution >= 0.6 is 0 Å². The molecular weight excluding hydrogens is 330 g/mol. The van der Waals surface area contributed by atoms with E-state index in [1.54, 1.807) is 19.1 Å². The minimum absolute atomic E-state index is 0.0374. The van der Waals surface area contributed by atoms with Crippen molar-refractivity contribution in [1.82, 2.24) is 0 Å². The van der Waals surface area contributed by atoms with Gasteiger partial charge in [-0.2, -0.15) is 0 Å². The third-order valence-electron chi connectivity index (χ3n) is 4.04. The van der Waals surface area contributed by atoms with Crippen molar-refractivity contribution in [3.8, 4) is 5.75 Å². The van der Waals surface area contributed by atoms with Gasteiger partial charge in [0.15, 0.2) is 6.10 Å². The number of carbonyl (C=O) groups is 2. The van der Waals surface area contributed by atoms with Gasteiger partial charge in [0.1, 0.15) is 11.3 Å². The van der Waals surface area contributed by atoms with E-state index in [-0.39, 0.29) is 11.3 Å².